The van der Waals surface area contributed by atoms with Crippen molar-refractivity contribution in [1.29, 1.82) is 0 Å². The molecule has 1 heterocycles. The predicted octanol–water partition coefficient (Wildman–Crippen LogP) is -0.478. The summed E-state index contributed by atoms with van der Waals surface area (Å²) < 4.78 is 8.57. The lowest BCUT2D eigenvalue weighted by atomic mass is 11.1. The Bertz CT molecular complexity index is 120. The van der Waals surface area contributed by atoms with Crippen LogP contribution in [0.5, 0.6) is 0 Å². The molecule has 9 heavy (non-hydrogen) atoms. The molecule has 0 spiro atoms. The molecule has 5 nitrogen and oxygen atoms in total. The van der Waals surface area contributed by atoms with E-state index in [0.29, 0.717) is 0 Å². The molecule has 0 fully saturated rings. The van der Waals surface area contributed by atoms with Gasteiger partial charge in [-0.2, -0.15) is 0 Å². The molecule has 0 saturated heterocycles. The van der Waals surface area contributed by atoms with Crippen LogP contribution in [0.3, 0.4) is 0 Å². The highest BCUT2D eigenvalue weighted by atomic mass is 31.1. The van der Waals surface area contributed by atoms with Crippen LogP contribution < -0.4 is 0 Å². The van der Waals surface area contributed by atoms with Gasteiger partial charge in [0.2, 0.25) is 0 Å². The van der Waals surface area contributed by atoms with E-state index in [1.54, 1.807) is 0 Å². The third-order valence-electron chi connectivity index (χ3n) is 0.400. The normalized spacial score (nSPS) is 8.56. The van der Waals surface area contributed by atoms with Crippen molar-refractivity contribution in [3.8, 4) is 0 Å². The van der Waals surface area contributed by atoms with Crippen LogP contribution in [0, 0.1) is 0 Å². The lowest BCUT2D eigenvalue weighted by Crippen LogP contribution is -1.73. The van der Waals surface area contributed by atoms with E-state index in [9.17, 15) is 0 Å². The fourth-order valence-electron chi connectivity index (χ4n) is 0.205. The van der Waals surface area contributed by atoms with Gasteiger partial charge in [-0.05, 0) is 0 Å². The first-order valence-electron chi connectivity index (χ1n) is 2.04. The fraction of sp³-hybridized carbons (Fsp3) is 0. The van der Waals surface area contributed by atoms with Gasteiger partial charge in [-0.25, -0.2) is 15.0 Å². The van der Waals surface area contributed by atoms with Gasteiger partial charge in [-0.3, -0.25) is 4.57 Å². The number of hydrogen-bond acceptors (Lipinski definition) is 4. The van der Waals surface area contributed by atoms with Crippen LogP contribution in [0.1, 0.15) is 0 Å². The second kappa shape index (κ2) is 7.20. The summed E-state index contributed by atoms with van der Waals surface area (Å²) in [5, 5.41) is 0. The maximum Gasteiger partial charge on any atom is 0.177 e. The summed E-state index contributed by atoms with van der Waals surface area (Å²) in [6.45, 7) is 0. The Morgan fingerprint density at radius 2 is 1.33 bits per heavy atom. The van der Waals surface area contributed by atoms with E-state index >= 15 is 0 Å². The van der Waals surface area contributed by atoms with Crippen molar-refractivity contribution >= 4 is 8.69 Å². The molecule has 0 aliphatic carbocycles. The first kappa shape index (κ1) is 8.20. The fourth-order valence-corrected chi connectivity index (χ4v) is 0.205. The topological polar surface area (TPSA) is 76.0 Å². The first-order chi connectivity index (χ1) is 4.41. The summed E-state index contributed by atoms with van der Waals surface area (Å²) >= 11 is 0. The maximum absolute atomic E-state index is 8.57. The van der Waals surface area contributed by atoms with Crippen molar-refractivity contribution in [2.45, 2.75) is 0 Å². The molecule has 1 unspecified atom stereocenters. The second-order valence-electron chi connectivity index (χ2n) is 0.899. The Labute approximate surface area is 53.1 Å². The second-order valence-corrected chi connectivity index (χ2v) is 1.11. The SMILES string of the molecule is O=[PH2]O.c1ncncn1. The van der Waals surface area contributed by atoms with E-state index in [-0.39, 0.29) is 0 Å². The highest BCUT2D eigenvalue weighted by Gasteiger charge is 1.59. The zero-order valence-electron chi connectivity index (χ0n) is 4.51. The number of aromatic nitrogens is 3. The highest BCUT2D eigenvalue weighted by molar-refractivity contribution is 7.16. The molecule has 6 heteroatoms. The molecule has 1 atom stereocenters. The van der Waals surface area contributed by atoms with Crippen molar-refractivity contribution in [2.24, 2.45) is 0 Å². The van der Waals surface area contributed by atoms with E-state index in [4.69, 9.17) is 9.46 Å². The van der Waals surface area contributed by atoms with Gasteiger partial charge in [0.15, 0.2) is 8.69 Å². The quantitative estimate of drug-likeness (QED) is 0.501. The van der Waals surface area contributed by atoms with Crippen molar-refractivity contribution in [1.82, 2.24) is 15.0 Å². The summed E-state index contributed by atoms with van der Waals surface area (Å²) in [7, 11) is -1.50. The van der Waals surface area contributed by atoms with Gasteiger partial charge in [0.1, 0.15) is 19.0 Å². The van der Waals surface area contributed by atoms with Crippen molar-refractivity contribution in [3.05, 3.63) is 19.0 Å². The van der Waals surface area contributed by atoms with Gasteiger partial charge < -0.3 is 4.89 Å². The smallest absolute Gasteiger partial charge is 0.177 e. The standard InChI is InChI=1S/C3H3N3.H3O2P/c1-4-2-6-3-5-1;1-3-2/h1-3H;3H2,(H,1,2). The minimum atomic E-state index is -1.50. The van der Waals surface area contributed by atoms with Crippen LogP contribution in [0.2, 0.25) is 0 Å². The lowest BCUT2D eigenvalue weighted by Gasteiger charge is -1.69. The Morgan fingerprint density at radius 1 is 1.11 bits per heavy atom. The molecule has 0 aliphatic heterocycles. The van der Waals surface area contributed by atoms with Crippen molar-refractivity contribution < 1.29 is 9.46 Å². The molecule has 50 valence electrons. The molecule has 0 bridgehead atoms. The molecule has 0 aliphatic rings. The summed E-state index contributed by atoms with van der Waals surface area (Å²) in [6.07, 6.45) is 4.31. The molecule has 1 rings (SSSR count). The highest BCUT2D eigenvalue weighted by Crippen LogP contribution is 1.66. The Balaban J connectivity index is 0.000000187. The third kappa shape index (κ3) is 7.20. The van der Waals surface area contributed by atoms with Crippen LogP contribution in [-0.4, -0.2) is 19.8 Å². The largest absolute Gasteiger partial charge is 0.348 e. The molecule has 1 aromatic heterocycles. The average molecular weight is 147 g/mol. The van der Waals surface area contributed by atoms with Gasteiger partial charge in [0.25, 0.3) is 0 Å². The summed E-state index contributed by atoms with van der Waals surface area (Å²) in [5.74, 6) is 0. The van der Waals surface area contributed by atoms with Crippen LogP contribution in [0.4, 0.5) is 0 Å². The van der Waals surface area contributed by atoms with Crippen molar-refractivity contribution in [3.63, 3.8) is 0 Å². The van der Waals surface area contributed by atoms with Crippen LogP contribution >= 0.6 is 8.69 Å². The van der Waals surface area contributed by atoms with Crippen LogP contribution in [0.25, 0.3) is 0 Å². The maximum atomic E-state index is 8.57. The number of nitrogens with zero attached hydrogens (tertiary/aromatic N) is 3. The van der Waals surface area contributed by atoms with E-state index in [2.05, 4.69) is 15.0 Å². The van der Waals surface area contributed by atoms with E-state index in [1.165, 1.54) is 19.0 Å². The van der Waals surface area contributed by atoms with Gasteiger partial charge in [0, 0.05) is 0 Å². The zero-order valence-corrected chi connectivity index (χ0v) is 5.66. The Hall–Kier alpha value is -0.800. The van der Waals surface area contributed by atoms with Gasteiger partial charge >= 0.3 is 0 Å². The zero-order chi connectivity index (χ0) is 6.95. The molecule has 0 radical (unpaired) electrons. The lowest BCUT2D eigenvalue weighted by molar-refractivity contribution is 0.524. The molecule has 1 aromatic rings. The molecular weight excluding hydrogens is 141 g/mol. The van der Waals surface area contributed by atoms with Gasteiger partial charge in [0.05, 0.1) is 0 Å². The summed E-state index contributed by atoms with van der Waals surface area (Å²) in [4.78, 5) is 17.8. The molecule has 0 aromatic carbocycles. The summed E-state index contributed by atoms with van der Waals surface area (Å²) in [5.41, 5.74) is 0. The first-order valence-corrected chi connectivity index (χ1v) is 3.03. The van der Waals surface area contributed by atoms with Gasteiger partial charge in [-0.15, -0.1) is 0 Å². The molecule has 1 N–H and O–H groups in total. The monoisotopic (exact) mass is 147 g/mol. The molecule has 0 amide bonds. The van der Waals surface area contributed by atoms with Crippen LogP contribution in [-0.2, 0) is 4.57 Å². The molecular formula is C3H6N3O2P. The van der Waals surface area contributed by atoms with E-state index in [1.807, 2.05) is 0 Å². The number of hydrogen-bond donors (Lipinski definition) is 1. The summed E-state index contributed by atoms with van der Waals surface area (Å²) in [6, 6.07) is 0. The van der Waals surface area contributed by atoms with Crippen molar-refractivity contribution in [2.75, 3.05) is 0 Å². The van der Waals surface area contributed by atoms with E-state index < -0.39 is 8.69 Å². The molecule has 0 saturated carbocycles. The average Bonchev–Trinajstić information content (AvgIpc) is 1.93. The Kier molecular flexibility index (Phi) is 6.56. The Morgan fingerprint density at radius 3 is 1.44 bits per heavy atom. The minimum absolute atomic E-state index is 1.44. The van der Waals surface area contributed by atoms with Gasteiger partial charge in [-0.1, -0.05) is 0 Å². The predicted molar refractivity (Wildman–Crippen MR) is 32.4 cm³/mol. The third-order valence-corrected chi connectivity index (χ3v) is 0.400. The number of rotatable bonds is 0. The minimum Gasteiger partial charge on any atom is -0.348 e. The van der Waals surface area contributed by atoms with Crippen LogP contribution in [0.15, 0.2) is 19.0 Å². The van der Waals surface area contributed by atoms with E-state index in [0.717, 1.165) is 0 Å².